The second kappa shape index (κ2) is 6.78. The van der Waals surface area contributed by atoms with Crippen molar-refractivity contribution < 1.29 is 4.79 Å². The molecule has 0 radical (unpaired) electrons. The molecule has 110 valence electrons. The first kappa shape index (κ1) is 14.9. The first-order chi connectivity index (χ1) is 9.61. The van der Waals surface area contributed by atoms with Crippen molar-refractivity contribution in [1.82, 2.24) is 4.90 Å². The molecule has 1 aliphatic rings. The van der Waals surface area contributed by atoms with Gasteiger partial charge in [-0.3, -0.25) is 4.79 Å². The number of amides is 1. The van der Waals surface area contributed by atoms with Gasteiger partial charge in [-0.05, 0) is 43.4 Å². The average molecular weight is 274 g/mol. The van der Waals surface area contributed by atoms with Crippen LogP contribution in [0.15, 0.2) is 24.3 Å². The highest BCUT2D eigenvalue weighted by atomic mass is 16.2. The number of hydrogen-bond donors (Lipinski definition) is 1. The van der Waals surface area contributed by atoms with Crippen LogP contribution in [0.25, 0.3) is 0 Å². The number of anilines is 1. The van der Waals surface area contributed by atoms with Crippen molar-refractivity contribution in [3.63, 3.8) is 0 Å². The Morgan fingerprint density at radius 3 is 2.70 bits per heavy atom. The van der Waals surface area contributed by atoms with Crippen molar-refractivity contribution in [2.75, 3.05) is 18.8 Å². The highest BCUT2D eigenvalue weighted by molar-refractivity contribution is 5.83. The molecule has 1 aliphatic heterocycles. The third kappa shape index (κ3) is 3.53. The van der Waals surface area contributed by atoms with E-state index in [4.69, 9.17) is 5.73 Å². The third-order valence-electron chi connectivity index (χ3n) is 4.40. The molecule has 0 bridgehead atoms. The predicted molar refractivity (Wildman–Crippen MR) is 83.5 cm³/mol. The van der Waals surface area contributed by atoms with Crippen LogP contribution >= 0.6 is 0 Å². The number of hydrogen-bond acceptors (Lipinski definition) is 2. The molecule has 0 saturated carbocycles. The highest BCUT2D eigenvalue weighted by Gasteiger charge is 2.26. The molecular formula is C17H26N2O. The molecule has 2 N–H and O–H groups in total. The van der Waals surface area contributed by atoms with Gasteiger partial charge in [0.25, 0.3) is 0 Å². The quantitative estimate of drug-likeness (QED) is 0.855. The molecule has 3 heteroatoms. The minimum Gasteiger partial charge on any atom is -0.399 e. The molecule has 1 saturated heterocycles. The van der Waals surface area contributed by atoms with Gasteiger partial charge in [0.05, 0.1) is 5.92 Å². The van der Waals surface area contributed by atoms with Crippen molar-refractivity contribution in [3.8, 4) is 0 Å². The molecule has 2 rings (SSSR count). The van der Waals surface area contributed by atoms with Crippen molar-refractivity contribution in [2.24, 2.45) is 5.92 Å². The number of rotatable bonds is 4. The fraction of sp³-hybridized carbons (Fsp3) is 0.588. The van der Waals surface area contributed by atoms with E-state index < -0.39 is 0 Å². The van der Waals surface area contributed by atoms with Crippen LogP contribution < -0.4 is 5.73 Å². The zero-order valence-electron chi connectivity index (χ0n) is 12.6. The van der Waals surface area contributed by atoms with Crippen molar-refractivity contribution in [2.45, 2.75) is 45.4 Å². The van der Waals surface area contributed by atoms with Crippen LogP contribution in [0.3, 0.4) is 0 Å². The van der Waals surface area contributed by atoms with Gasteiger partial charge in [0.1, 0.15) is 0 Å². The summed E-state index contributed by atoms with van der Waals surface area (Å²) < 4.78 is 0. The Hall–Kier alpha value is -1.51. The minimum atomic E-state index is -0.0961. The molecule has 20 heavy (non-hydrogen) atoms. The van der Waals surface area contributed by atoms with Gasteiger partial charge in [0.15, 0.2) is 0 Å². The van der Waals surface area contributed by atoms with Crippen LogP contribution in [0.2, 0.25) is 0 Å². The molecule has 1 heterocycles. The largest absolute Gasteiger partial charge is 0.399 e. The maximum atomic E-state index is 12.6. The molecule has 1 atom stereocenters. The van der Waals surface area contributed by atoms with E-state index in [0.717, 1.165) is 43.1 Å². The summed E-state index contributed by atoms with van der Waals surface area (Å²) in [4.78, 5) is 14.6. The lowest BCUT2D eigenvalue weighted by atomic mass is 9.91. The number of nitrogen functional groups attached to an aromatic ring is 1. The zero-order chi connectivity index (χ0) is 14.5. The Labute approximate surface area is 122 Å². The van der Waals surface area contributed by atoms with Crippen LogP contribution in [0, 0.1) is 5.92 Å². The van der Waals surface area contributed by atoms with Gasteiger partial charge >= 0.3 is 0 Å². The number of carbonyl (C=O) groups excluding carboxylic acids is 1. The lowest BCUT2D eigenvalue weighted by Crippen LogP contribution is -2.40. The van der Waals surface area contributed by atoms with E-state index >= 15 is 0 Å². The van der Waals surface area contributed by atoms with E-state index in [1.807, 2.05) is 36.1 Å². The predicted octanol–water partition coefficient (Wildman–Crippen LogP) is 3.41. The van der Waals surface area contributed by atoms with Crippen LogP contribution in [-0.4, -0.2) is 23.9 Å². The van der Waals surface area contributed by atoms with Crippen LogP contribution in [0.4, 0.5) is 5.69 Å². The summed E-state index contributed by atoms with van der Waals surface area (Å²) in [5.74, 6) is 0.957. The summed E-state index contributed by atoms with van der Waals surface area (Å²) >= 11 is 0. The number of carbonyl (C=O) groups is 1. The number of likely N-dealkylation sites (tertiary alicyclic amines) is 1. The molecule has 0 aromatic heterocycles. The Balaban J connectivity index is 1.95. The van der Waals surface area contributed by atoms with E-state index in [9.17, 15) is 4.79 Å². The molecule has 1 amide bonds. The van der Waals surface area contributed by atoms with E-state index in [1.54, 1.807) is 0 Å². The van der Waals surface area contributed by atoms with E-state index in [1.165, 1.54) is 12.8 Å². The van der Waals surface area contributed by atoms with Crippen molar-refractivity contribution in [3.05, 3.63) is 29.8 Å². The summed E-state index contributed by atoms with van der Waals surface area (Å²) in [6, 6.07) is 7.67. The topological polar surface area (TPSA) is 46.3 Å². The monoisotopic (exact) mass is 274 g/mol. The molecule has 3 nitrogen and oxygen atoms in total. The minimum absolute atomic E-state index is 0.0961. The smallest absolute Gasteiger partial charge is 0.229 e. The van der Waals surface area contributed by atoms with Crippen LogP contribution in [0.5, 0.6) is 0 Å². The number of piperidine rings is 1. The Morgan fingerprint density at radius 1 is 1.40 bits per heavy atom. The first-order valence-corrected chi connectivity index (χ1v) is 7.76. The molecule has 1 fully saturated rings. The normalized spacial score (nSPS) is 18.0. The number of nitrogens with zero attached hydrogens (tertiary/aromatic N) is 1. The Bertz CT molecular complexity index is 450. The van der Waals surface area contributed by atoms with Crippen molar-refractivity contribution in [1.29, 1.82) is 0 Å². The van der Waals surface area contributed by atoms with E-state index in [-0.39, 0.29) is 11.8 Å². The van der Waals surface area contributed by atoms with Gasteiger partial charge in [-0.1, -0.05) is 31.9 Å². The SMILES string of the molecule is CCCC1CCN(C(=O)C(C)c2cccc(N)c2)CC1. The lowest BCUT2D eigenvalue weighted by molar-refractivity contribution is -0.133. The van der Waals surface area contributed by atoms with Gasteiger partial charge in [0, 0.05) is 18.8 Å². The number of benzene rings is 1. The molecular weight excluding hydrogens is 248 g/mol. The summed E-state index contributed by atoms with van der Waals surface area (Å²) in [6.45, 7) is 6.04. The summed E-state index contributed by atoms with van der Waals surface area (Å²) in [5, 5.41) is 0. The Kier molecular flexibility index (Phi) is 5.05. The lowest BCUT2D eigenvalue weighted by Gasteiger charge is -2.33. The van der Waals surface area contributed by atoms with Gasteiger partial charge in [0.2, 0.25) is 5.91 Å². The zero-order valence-corrected chi connectivity index (χ0v) is 12.6. The van der Waals surface area contributed by atoms with Crippen LogP contribution in [0.1, 0.15) is 51.0 Å². The van der Waals surface area contributed by atoms with Gasteiger partial charge in [-0.15, -0.1) is 0 Å². The maximum Gasteiger partial charge on any atom is 0.229 e. The third-order valence-corrected chi connectivity index (χ3v) is 4.40. The second-order valence-corrected chi connectivity index (χ2v) is 5.95. The average Bonchev–Trinajstić information content (AvgIpc) is 2.47. The number of nitrogens with two attached hydrogens (primary N) is 1. The fourth-order valence-electron chi connectivity index (χ4n) is 3.10. The second-order valence-electron chi connectivity index (χ2n) is 5.95. The summed E-state index contributed by atoms with van der Waals surface area (Å²) in [5.41, 5.74) is 7.55. The molecule has 1 aromatic rings. The van der Waals surface area contributed by atoms with E-state index in [2.05, 4.69) is 6.92 Å². The summed E-state index contributed by atoms with van der Waals surface area (Å²) in [7, 11) is 0. The highest BCUT2D eigenvalue weighted by Crippen LogP contribution is 2.25. The maximum absolute atomic E-state index is 12.6. The fourth-order valence-corrected chi connectivity index (χ4v) is 3.10. The molecule has 1 unspecified atom stereocenters. The summed E-state index contributed by atoms with van der Waals surface area (Å²) in [6.07, 6.45) is 4.86. The van der Waals surface area contributed by atoms with E-state index in [0.29, 0.717) is 0 Å². The van der Waals surface area contributed by atoms with Crippen molar-refractivity contribution >= 4 is 11.6 Å². The Morgan fingerprint density at radius 2 is 2.10 bits per heavy atom. The van der Waals surface area contributed by atoms with Gasteiger partial charge in [-0.25, -0.2) is 0 Å². The molecule has 0 aliphatic carbocycles. The molecule has 1 aromatic carbocycles. The standard InChI is InChI=1S/C17H26N2O/c1-3-5-14-8-10-19(11-9-14)17(20)13(2)15-6-4-7-16(18)12-15/h4,6-7,12-14H,3,5,8-11,18H2,1-2H3. The van der Waals surface area contributed by atoms with Crippen LogP contribution in [-0.2, 0) is 4.79 Å². The van der Waals surface area contributed by atoms with Gasteiger partial charge in [-0.2, -0.15) is 0 Å². The molecule has 0 spiro atoms. The first-order valence-electron chi connectivity index (χ1n) is 7.76. The van der Waals surface area contributed by atoms with Gasteiger partial charge < -0.3 is 10.6 Å².